The van der Waals surface area contributed by atoms with Crippen LogP contribution < -0.4 is 0 Å². The van der Waals surface area contributed by atoms with Gasteiger partial charge in [-0.1, -0.05) is 43.5 Å². The molecule has 0 saturated heterocycles. The predicted molar refractivity (Wildman–Crippen MR) is 88.5 cm³/mol. The molecular formula is C19H26O4. The van der Waals surface area contributed by atoms with Crippen LogP contribution in [0.25, 0.3) is 0 Å². The molecule has 0 heterocycles. The summed E-state index contributed by atoms with van der Waals surface area (Å²) in [7, 11) is 0. The van der Waals surface area contributed by atoms with E-state index < -0.39 is 11.9 Å². The van der Waals surface area contributed by atoms with Crippen molar-refractivity contribution in [2.24, 2.45) is 0 Å². The maximum absolute atomic E-state index is 11.5. The molecule has 1 fully saturated rings. The van der Waals surface area contributed by atoms with Crippen molar-refractivity contribution in [3.8, 4) is 0 Å². The van der Waals surface area contributed by atoms with Crippen LogP contribution in [0.5, 0.6) is 0 Å². The van der Waals surface area contributed by atoms with Gasteiger partial charge in [0.2, 0.25) is 0 Å². The molecule has 1 atom stereocenters. The molecule has 0 aliphatic heterocycles. The Morgan fingerprint density at radius 1 is 1.17 bits per heavy atom. The molecule has 1 aliphatic rings. The van der Waals surface area contributed by atoms with Crippen LogP contribution >= 0.6 is 0 Å². The van der Waals surface area contributed by atoms with Crippen LogP contribution in [0.4, 0.5) is 0 Å². The number of esters is 1. The lowest BCUT2D eigenvalue weighted by molar-refractivity contribution is -0.144. The van der Waals surface area contributed by atoms with E-state index in [0.29, 0.717) is 12.5 Å². The van der Waals surface area contributed by atoms with Crippen molar-refractivity contribution in [1.82, 2.24) is 0 Å². The second-order valence-corrected chi connectivity index (χ2v) is 6.24. The summed E-state index contributed by atoms with van der Waals surface area (Å²) in [5.41, 5.74) is 2.07. The summed E-state index contributed by atoms with van der Waals surface area (Å²) in [4.78, 5) is 23.0. The van der Waals surface area contributed by atoms with Crippen LogP contribution in [-0.2, 0) is 14.3 Å². The average Bonchev–Trinajstić information content (AvgIpc) is 2.56. The first-order valence-corrected chi connectivity index (χ1v) is 8.60. The Hall–Kier alpha value is -1.84. The highest BCUT2D eigenvalue weighted by atomic mass is 16.5. The Balaban J connectivity index is 2.01. The van der Waals surface area contributed by atoms with Crippen LogP contribution in [0.2, 0.25) is 0 Å². The maximum atomic E-state index is 11.5. The molecule has 2 rings (SSSR count). The van der Waals surface area contributed by atoms with Gasteiger partial charge in [-0.25, -0.2) is 0 Å². The average molecular weight is 318 g/mol. The van der Waals surface area contributed by atoms with Gasteiger partial charge in [0.05, 0.1) is 12.5 Å². The second kappa shape index (κ2) is 8.70. The van der Waals surface area contributed by atoms with Crippen molar-refractivity contribution >= 4 is 11.9 Å². The van der Waals surface area contributed by atoms with Crippen molar-refractivity contribution in [1.29, 1.82) is 0 Å². The lowest BCUT2D eigenvalue weighted by Crippen LogP contribution is -2.15. The first-order chi connectivity index (χ1) is 11.1. The summed E-state index contributed by atoms with van der Waals surface area (Å²) in [5.74, 6) is -1.27. The molecule has 0 aromatic heterocycles. The Morgan fingerprint density at radius 2 is 1.83 bits per heavy atom. The zero-order valence-electron chi connectivity index (χ0n) is 13.8. The fraction of sp³-hybridized carbons (Fsp3) is 0.579. The Labute approximate surface area is 137 Å². The number of carbonyl (C=O) groups is 2. The molecule has 126 valence electrons. The molecule has 4 heteroatoms. The Bertz CT molecular complexity index is 515. The number of benzene rings is 1. The highest BCUT2D eigenvalue weighted by Crippen LogP contribution is 2.33. The van der Waals surface area contributed by atoms with Crippen LogP contribution in [0.15, 0.2) is 24.3 Å². The number of hydrogen-bond acceptors (Lipinski definition) is 3. The number of ether oxygens (including phenoxy) is 1. The van der Waals surface area contributed by atoms with Crippen LogP contribution in [0.1, 0.15) is 74.8 Å². The van der Waals surface area contributed by atoms with Gasteiger partial charge >= 0.3 is 11.9 Å². The van der Waals surface area contributed by atoms with E-state index in [-0.39, 0.29) is 18.8 Å². The van der Waals surface area contributed by atoms with Crippen LogP contribution in [-0.4, -0.2) is 23.7 Å². The molecule has 1 saturated carbocycles. The molecule has 1 N–H and O–H groups in total. The molecular weight excluding hydrogens is 292 g/mol. The molecule has 0 amide bonds. The summed E-state index contributed by atoms with van der Waals surface area (Å²) >= 11 is 0. The normalized spacial score (nSPS) is 16.7. The van der Waals surface area contributed by atoms with Crippen molar-refractivity contribution < 1.29 is 19.4 Å². The van der Waals surface area contributed by atoms with Gasteiger partial charge in [-0.05, 0) is 43.2 Å². The highest BCUT2D eigenvalue weighted by molar-refractivity contribution is 5.77. The third kappa shape index (κ3) is 5.08. The Morgan fingerprint density at radius 3 is 2.39 bits per heavy atom. The molecule has 0 radical (unpaired) electrons. The van der Waals surface area contributed by atoms with Crippen LogP contribution in [0.3, 0.4) is 0 Å². The third-order valence-corrected chi connectivity index (χ3v) is 4.66. The number of aliphatic carboxylic acids is 1. The van der Waals surface area contributed by atoms with E-state index in [1.807, 2.05) is 12.1 Å². The molecule has 0 bridgehead atoms. The first-order valence-electron chi connectivity index (χ1n) is 8.60. The van der Waals surface area contributed by atoms with E-state index in [2.05, 4.69) is 12.1 Å². The number of carboxylic acids is 1. The van der Waals surface area contributed by atoms with E-state index >= 15 is 0 Å². The van der Waals surface area contributed by atoms with Gasteiger partial charge in [0.25, 0.3) is 0 Å². The van der Waals surface area contributed by atoms with Crippen molar-refractivity contribution in [3.05, 3.63) is 35.4 Å². The quantitative estimate of drug-likeness (QED) is 0.764. The topological polar surface area (TPSA) is 63.6 Å². The smallest absolute Gasteiger partial charge is 0.310 e. The van der Waals surface area contributed by atoms with Crippen LogP contribution in [0, 0.1) is 0 Å². The minimum absolute atomic E-state index is 0.134. The minimum atomic E-state index is -0.889. The SMILES string of the molecule is CCOC(=O)CCC(C(=O)O)c1ccc(C2CCCCC2)cc1. The van der Waals surface area contributed by atoms with Gasteiger partial charge in [0.1, 0.15) is 0 Å². The second-order valence-electron chi connectivity index (χ2n) is 6.24. The molecule has 1 unspecified atom stereocenters. The Kier molecular flexibility index (Phi) is 6.63. The van der Waals surface area contributed by atoms with E-state index in [4.69, 9.17) is 4.74 Å². The minimum Gasteiger partial charge on any atom is -0.481 e. The molecule has 4 nitrogen and oxygen atoms in total. The lowest BCUT2D eigenvalue weighted by Gasteiger charge is -2.22. The lowest BCUT2D eigenvalue weighted by atomic mass is 9.83. The van der Waals surface area contributed by atoms with Crippen molar-refractivity contribution in [2.75, 3.05) is 6.61 Å². The number of carboxylic acid groups (broad SMARTS) is 1. The largest absolute Gasteiger partial charge is 0.481 e. The monoisotopic (exact) mass is 318 g/mol. The van der Waals surface area contributed by atoms with E-state index in [1.54, 1.807) is 6.92 Å². The summed E-state index contributed by atoms with van der Waals surface area (Å²) < 4.78 is 4.87. The highest BCUT2D eigenvalue weighted by Gasteiger charge is 2.22. The first kappa shape index (κ1) is 17.5. The molecule has 1 aromatic rings. The summed E-state index contributed by atoms with van der Waals surface area (Å²) in [5, 5.41) is 9.44. The molecule has 23 heavy (non-hydrogen) atoms. The maximum Gasteiger partial charge on any atom is 0.310 e. The third-order valence-electron chi connectivity index (χ3n) is 4.66. The van der Waals surface area contributed by atoms with E-state index in [0.717, 1.165) is 5.56 Å². The molecule has 0 spiro atoms. The summed E-state index contributed by atoms with van der Waals surface area (Å²) in [6.07, 6.45) is 6.75. The fourth-order valence-electron chi connectivity index (χ4n) is 3.36. The van der Waals surface area contributed by atoms with Gasteiger partial charge in [0.15, 0.2) is 0 Å². The van der Waals surface area contributed by atoms with E-state index in [1.165, 1.54) is 37.7 Å². The summed E-state index contributed by atoms with van der Waals surface area (Å²) in [6, 6.07) is 7.94. The molecule has 1 aromatic carbocycles. The predicted octanol–water partition coefficient (Wildman–Crippen LogP) is 4.25. The number of rotatable bonds is 7. The zero-order chi connectivity index (χ0) is 16.7. The fourth-order valence-corrected chi connectivity index (χ4v) is 3.36. The van der Waals surface area contributed by atoms with E-state index in [9.17, 15) is 14.7 Å². The standard InChI is InChI=1S/C19H26O4/c1-2-23-18(20)13-12-17(19(21)22)16-10-8-15(9-11-16)14-6-4-3-5-7-14/h8-11,14,17H,2-7,12-13H2,1H3,(H,21,22). The molecule has 1 aliphatic carbocycles. The summed E-state index contributed by atoms with van der Waals surface area (Å²) in [6.45, 7) is 2.07. The van der Waals surface area contributed by atoms with Gasteiger partial charge in [-0.15, -0.1) is 0 Å². The van der Waals surface area contributed by atoms with Gasteiger partial charge < -0.3 is 9.84 Å². The number of carbonyl (C=O) groups excluding carboxylic acids is 1. The van der Waals surface area contributed by atoms with Gasteiger partial charge in [0, 0.05) is 6.42 Å². The van der Waals surface area contributed by atoms with Gasteiger partial charge in [-0.3, -0.25) is 9.59 Å². The van der Waals surface area contributed by atoms with Crippen molar-refractivity contribution in [3.63, 3.8) is 0 Å². The number of hydrogen-bond donors (Lipinski definition) is 1. The zero-order valence-corrected chi connectivity index (χ0v) is 13.8. The van der Waals surface area contributed by atoms with Gasteiger partial charge in [-0.2, -0.15) is 0 Å². The van der Waals surface area contributed by atoms with Crippen molar-refractivity contribution in [2.45, 2.75) is 63.7 Å².